The summed E-state index contributed by atoms with van der Waals surface area (Å²) in [5, 5.41) is 2.55. The zero-order chi connectivity index (χ0) is 10.4. The molecule has 74 valence electrons. The van der Waals surface area contributed by atoms with E-state index in [1.54, 1.807) is 11.3 Å². The summed E-state index contributed by atoms with van der Waals surface area (Å²) < 4.78 is 15.2. The summed E-state index contributed by atoms with van der Waals surface area (Å²) in [7, 11) is 0. The van der Waals surface area contributed by atoms with Gasteiger partial charge in [0, 0.05) is 20.2 Å². The molecule has 0 saturated heterocycles. The SMILES string of the molecule is Fc1cc(Cl)c2c(c1)sc1ccccc12. The summed E-state index contributed by atoms with van der Waals surface area (Å²) >= 11 is 7.61. The number of thiophene rings is 1. The van der Waals surface area contributed by atoms with Crippen LogP contribution in [0.15, 0.2) is 36.4 Å². The molecule has 0 spiro atoms. The van der Waals surface area contributed by atoms with Crippen molar-refractivity contribution in [3.63, 3.8) is 0 Å². The molecule has 3 rings (SSSR count). The van der Waals surface area contributed by atoms with Crippen LogP contribution >= 0.6 is 22.9 Å². The van der Waals surface area contributed by atoms with Crippen molar-refractivity contribution < 1.29 is 4.39 Å². The van der Waals surface area contributed by atoms with Crippen molar-refractivity contribution in [1.29, 1.82) is 0 Å². The quantitative estimate of drug-likeness (QED) is 0.524. The summed E-state index contributed by atoms with van der Waals surface area (Å²) in [4.78, 5) is 0. The van der Waals surface area contributed by atoms with Crippen molar-refractivity contribution in [3.8, 4) is 0 Å². The molecule has 0 N–H and O–H groups in total. The van der Waals surface area contributed by atoms with Gasteiger partial charge in [0.2, 0.25) is 0 Å². The zero-order valence-corrected chi connectivity index (χ0v) is 9.20. The van der Waals surface area contributed by atoms with Crippen LogP contribution < -0.4 is 0 Å². The highest BCUT2D eigenvalue weighted by Gasteiger charge is 2.09. The number of rotatable bonds is 0. The standard InChI is InChI=1S/C12H6ClFS/c13-9-5-7(14)6-11-12(9)8-3-1-2-4-10(8)15-11/h1-6H. The lowest BCUT2D eigenvalue weighted by Gasteiger charge is -1.95. The summed E-state index contributed by atoms with van der Waals surface area (Å²) in [6.45, 7) is 0. The Labute approximate surface area is 94.9 Å². The second-order valence-electron chi connectivity index (χ2n) is 3.36. The Balaban J connectivity index is 2.61. The van der Waals surface area contributed by atoms with E-state index in [4.69, 9.17) is 11.6 Å². The maximum Gasteiger partial charge on any atom is 0.126 e. The Morgan fingerprint density at radius 3 is 2.73 bits per heavy atom. The Bertz CT molecular complexity index is 657. The maximum absolute atomic E-state index is 13.1. The van der Waals surface area contributed by atoms with Crippen molar-refractivity contribution in [1.82, 2.24) is 0 Å². The first-order valence-corrected chi connectivity index (χ1v) is 5.71. The fraction of sp³-hybridized carbons (Fsp3) is 0. The van der Waals surface area contributed by atoms with E-state index in [0.29, 0.717) is 5.02 Å². The third kappa shape index (κ3) is 1.33. The van der Waals surface area contributed by atoms with Crippen LogP contribution in [0.3, 0.4) is 0 Å². The minimum atomic E-state index is -0.279. The summed E-state index contributed by atoms with van der Waals surface area (Å²) in [6, 6.07) is 10.9. The number of benzene rings is 2. The lowest BCUT2D eigenvalue weighted by Crippen LogP contribution is -1.73. The minimum absolute atomic E-state index is 0.279. The van der Waals surface area contributed by atoms with Crippen molar-refractivity contribution in [2.24, 2.45) is 0 Å². The molecule has 0 radical (unpaired) electrons. The van der Waals surface area contributed by atoms with Crippen LogP contribution in [0.1, 0.15) is 0 Å². The van der Waals surface area contributed by atoms with Gasteiger partial charge >= 0.3 is 0 Å². The van der Waals surface area contributed by atoms with Gasteiger partial charge in [0.1, 0.15) is 5.82 Å². The van der Waals surface area contributed by atoms with Crippen LogP contribution in [0.25, 0.3) is 20.2 Å². The Morgan fingerprint density at radius 2 is 1.87 bits per heavy atom. The number of hydrogen-bond donors (Lipinski definition) is 0. The monoisotopic (exact) mass is 236 g/mol. The molecule has 1 aromatic heterocycles. The summed E-state index contributed by atoms with van der Waals surface area (Å²) in [6.07, 6.45) is 0. The van der Waals surface area contributed by atoms with Crippen molar-refractivity contribution >= 4 is 43.1 Å². The molecule has 0 bridgehead atoms. The maximum atomic E-state index is 13.1. The summed E-state index contributed by atoms with van der Waals surface area (Å²) in [5.74, 6) is -0.279. The molecule has 0 atom stereocenters. The minimum Gasteiger partial charge on any atom is -0.207 e. The van der Waals surface area contributed by atoms with Gasteiger partial charge in [0.25, 0.3) is 0 Å². The molecule has 0 fully saturated rings. The van der Waals surface area contributed by atoms with E-state index in [1.807, 2.05) is 24.3 Å². The average Bonchev–Trinajstić information content (AvgIpc) is 2.54. The first-order chi connectivity index (χ1) is 7.25. The molecule has 3 heteroatoms. The fourth-order valence-electron chi connectivity index (χ4n) is 1.77. The zero-order valence-electron chi connectivity index (χ0n) is 7.63. The van der Waals surface area contributed by atoms with Crippen LogP contribution in [0.4, 0.5) is 4.39 Å². The summed E-state index contributed by atoms with van der Waals surface area (Å²) in [5.41, 5.74) is 0. The highest BCUT2D eigenvalue weighted by Crippen LogP contribution is 2.38. The second kappa shape index (κ2) is 3.19. The highest BCUT2D eigenvalue weighted by atomic mass is 35.5. The second-order valence-corrected chi connectivity index (χ2v) is 4.85. The number of hydrogen-bond acceptors (Lipinski definition) is 1. The third-order valence-electron chi connectivity index (χ3n) is 2.40. The average molecular weight is 237 g/mol. The van der Waals surface area contributed by atoms with Crippen molar-refractivity contribution in [2.45, 2.75) is 0 Å². The molecule has 3 aromatic rings. The molecule has 15 heavy (non-hydrogen) atoms. The van der Waals surface area contributed by atoms with Crippen LogP contribution in [0.2, 0.25) is 5.02 Å². The van der Waals surface area contributed by atoms with Gasteiger partial charge in [0.15, 0.2) is 0 Å². The predicted octanol–water partition coefficient (Wildman–Crippen LogP) is 4.85. The van der Waals surface area contributed by atoms with Crippen molar-refractivity contribution in [3.05, 3.63) is 47.2 Å². The predicted molar refractivity (Wildman–Crippen MR) is 64.3 cm³/mol. The van der Waals surface area contributed by atoms with Crippen LogP contribution in [-0.4, -0.2) is 0 Å². The van der Waals surface area contributed by atoms with Gasteiger partial charge in [-0.05, 0) is 18.2 Å². The van der Waals surface area contributed by atoms with E-state index in [1.165, 1.54) is 12.1 Å². The number of fused-ring (bicyclic) bond motifs is 3. The molecule has 0 aliphatic carbocycles. The first kappa shape index (κ1) is 9.13. The van der Waals surface area contributed by atoms with Gasteiger partial charge in [-0.1, -0.05) is 29.8 Å². The topological polar surface area (TPSA) is 0 Å². The van der Waals surface area contributed by atoms with Crippen LogP contribution in [0.5, 0.6) is 0 Å². The van der Waals surface area contributed by atoms with E-state index in [-0.39, 0.29) is 5.82 Å². The molecule has 0 amide bonds. The Morgan fingerprint density at radius 1 is 1.07 bits per heavy atom. The first-order valence-electron chi connectivity index (χ1n) is 4.52. The van der Waals surface area contributed by atoms with Gasteiger partial charge < -0.3 is 0 Å². The van der Waals surface area contributed by atoms with Crippen LogP contribution in [0, 0.1) is 5.82 Å². The van der Waals surface area contributed by atoms with Gasteiger partial charge in [-0.15, -0.1) is 11.3 Å². The van der Waals surface area contributed by atoms with E-state index < -0.39 is 0 Å². The molecule has 0 aliphatic heterocycles. The molecular formula is C12H6ClFS. The molecule has 0 unspecified atom stereocenters. The smallest absolute Gasteiger partial charge is 0.126 e. The molecule has 0 nitrogen and oxygen atoms in total. The highest BCUT2D eigenvalue weighted by molar-refractivity contribution is 7.25. The van der Waals surface area contributed by atoms with Gasteiger partial charge in [0.05, 0.1) is 5.02 Å². The fourth-order valence-corrected chi connectivity index (χ4v) is 3.29. The normalized spacial score (nSPS) is 11.3. The lowest BCUT2D eigenvalue weighted by atomic mass is 10.1. The van der Waals surface area contributed by atoms with Gasteiger partial charge in [-0.3, -0.25) is 0 Å². The van der Waals surface area contributed by atoms with E-state index in [2.05, 4.69) is 0 Å². The largest absolute Gasteiger partial charge is 0.207 e. The third-order valence-corrected chi connectivity index (χ3v) is 3.81. The number of halogens is 2. The van der Waals surface area contributed by atoms with E-state index >= 15 is 0 Å². The Kier molecular flexibility index (Phi) is 1.94. The molecule has 0 aliphatic rings. The van der Waals surface area contributed by atoms with Gasteiger partial charge in [-0.2, -0.15) is 0 Å². The van der Waals surface area contributed by atoms with E-state index in [0.717, 1.165) is 20.2 Å². The Hall–Kier alpha value is -1.12. The van der Waals surface area contributed by atoms with Crippen LogP contribution in [-0.2, 0) is 0 Å². The molecule has 0 saturated carbocycles. The van der Waals surface area contributed by atoms with E-state index in [9.17, 15) is 4.39 Å². The molecular weight excluding hydrogens is 231 g/mol. The molecule has 2 aromatic carbocycles. The molecule has 1 heterocycles. The van der Waals surface area contributed by atoms with Gasteiger partial charge in [-0.25, -0.2) is 4.39 Å². The lowest BCUT2D eigenvalue weighted by molar-refractivity contribution is 0.630. The van der Waals surface area contributed by atoms with Crippen molar-refractivity contribution in [2.75, 3.05) is 0 Å².